The van der Waals surface area contributed by atoms with Gasteiger partial charge >= 0.3 is 5.97 Å². The largest absolute Gasteiger partial charge is 0.469 e. The number of halogens is 2. The quantitative estimate of drug-likeness (QED) is 0.517. The van der Waals surface area contributed by atoms with Crippen molar-refractivity contribution in [2.45, 2.75) is 32.3 Å². The Hall–Kier alpha value is -3.45. The summed E-state index contributed by atoms with van der Waals surface area (Å²) < 4.78 is 31.7. The molecule has 0 unspecified atom stereocenters. The number of benzene rings is 2. The Morgan fingerprint density at radius 3 is 2.09 bits per heavy atom. The number of hydrogen-bond donors (Lipinski definition) is 1. The second kappa shape index (κ2) is 10.2. The van der Waals surface area contributed by atoms with E-state index in [-0.39, 0.29) is 24.0 Å². The fourth-order valence-electron chi connectivity index (χ4n) is 3.31. The van der Waals surface area contributed by atoms with Crippen LogP contribution in [0.15, 0.2) is 54.6 Å². The number of methoxy groups -OCH3 is 1. The van der Waals surface area contributed by atoms with Gasteiger partial charge in [0.1, 0.15) is 17.3 Å². The summed E-state index contributed by atoms with van der Waals surface area (Å²) in [5, 5.41) is 19.0. The molecule has 0 radical (unpaired) electrons. The highest BCUT2D eigenvalue weighted by molar-refractivity contribution is 5.88. The van der Waals surface area contributed by atoms with Gasteiger partial charge in [0, 0.05) is 16.7 Å². The molecule has 0 saturated carbocycles. The molecule has 0 spiro atoms. The van der Waals surface area contributed by atoms with E-state index in [4.69, 9.17) is 0 Å². The van der Waals surface area contributed by atoms with Gasteiger partial charge in [0.05, 0.1) is 25.3 Å². The Morgan fingerprint density at radius 1 is 1.00 bits per heavy atom. The number of rotatable bonds is 7. The molecule has 3 aromatic rings. The van der Waals surface area contributed by atoms with Crippen molar-refractivity contribution >= 4 is 12.0 Å². The molecule has 0 fully saturated rings. The second-order valence-corrected chi connectivity index (χ2v) is 7.60. The van der Waals surface area contributed by atoms with E-state index in [1.54, 1.807) is 30.3 Å². The van der Waals surface area contributed by atoms with Gasteiger partial charge in [-0.1, -0.05) is 38.1 Å². The summed E-state index contributed by atoms with van der Waals surface area (Å²) in [4.78, 5) is 11.5. The SMILES string of the molecule is COC(=O)C[C@H](O)/C=C/c1c(C(C)C)nnc(-c2ccc(F)cc2)c1-c1ccc(F)cc1. The van der Waals surface area contributed by atoms with E-state index in [0.29, 0.717) is 33.6 Å². The molecule has 1 aromatic heterocycles. The zero-order valence-electron chi connectivity index (χ0n) is 18.0. The lowest BCUT2D eigenvalue weighted by molar-refractivity contribution is -0.142. The summed E-state index contributed by atoms with van der Waals surface area (Å²) in [6.07, 6.45) is 1.91. The number of aliphatic hydroxyl groups excluding tert-OH is 1. The average molecular weight is 438 g/mol. The first-order chi connectivity index (χ1) is 15.3. The number of nitrogens with zero attached hydrogens (tertiary/aromatic N) is 2. The maximum absolute atomic E-state index is 13.6. The van der Waals surface area contributed by atoms with E-state index >= 15 is 0 Å². The number of esters is 1. The fraction of sp³-hybridized carbons (Fsp3) is 0.240. The van der Waals surface area contributed by atoms with Gasteiger partial charge in [-0.15, -0.1) is 5.10 Å². The molecule has 166 valence electrons. The van der Waals surface area contributed by atoms with Crippen molar-refractivity contribution < 1.29 is 23.4 Å². The molecule has 3 rings (SSSR count). The van der Waals surface area contributed by atoms with Gasteiger partial charge in [0.15, 0.2) is 0 Å². The first-order valence-corrected chi connectivity index (χ1v) is 10.2. The fourth-order valence-corrected chi connectivity index (χ4v) is 3.31. The normalized spacial score (nSPS) is 12.3. The molecule has 0 aliphatic carbocycles. The number of aliphatic hydroxyl groups is 1. The predicted octanol–water partition coefficient (Wildman–Crippen LogP) is 5.15. The molecule has 0 aliphatic rings. The number of hydrogen-bond acceptors (Lipinski definition) is 5. The molecule has 0 aliphatic heterocycles. The van der Waals surface area contributed by atoms with Gasteiger partial charge in [-0.25, -0.2) is 8.78 Å². The van der Waals surface area contributed by atoms with Crippen molar-refractivity contribution in [2.24, 2.45) is 0 Å². The molecular weight excluding hydrogens is 414 g/mol. The van der Waals surface area contributed by atoms with Crippen LogP contribution in [0.25, 0.3) is 28.5 Å². The highest BCUT2D eigenvalue weighted by Gasteiger charge is 2.20. The van der Waals surface area contributed by atoms with Crippen LogP contribution in [0.5, 0.6) is 0 Å². The van der Waals surface area contributed by atoms with Gasteiger partial charge in [0.25, 0.3) is 0 Å². The van der Waals surface area contributed by atoms with Crippen molar-refractivity contribution in [1.29, 1.82) is 0 Å². The third-order valence-corrected chi connectivity index (χ3v) is 4.93. The molecule has 1 heterocycles. The van der Waals surface area contributed by atoms with E-state index < -0.39 is 12.1 Å². The molecule has 1 atom stereocenters. The summed E-state index contributed by atoms with van der Waals surface area (Å²) in [5.41, 5.74) is 3.81. The Balaban J connectivity index is 2.23. The minimum Gasteiger partial charge on any atom is -0.469 e. The Morgan fingerprint density at radius 2 is 1.56 bits per heavy atom. The van der Waals surface area contributed by atoms with Crippen LogP contribution in [-0.2, 0) is 9.53 Å². The first kappa shape index (κ1) is 23.2. The van der Waals surface area contributed by atoms with E-state index in [9.17, 15) is 18.7 Å². The van der Waals surface area contributed by atoms with Crippen LogP contribution in [0.2, 0.25) is 0 Å². The molecule has 2 aromatic carbocycles. The number of carbonyl (C=O) groups excluding carboxylic acids is 1. The number of ether oxygens (including phenoxy) is 1. The summed E-state index contributed by atoms with van der Waals surface area (Å²) in [6.45, 7) is 3.91. The predicted molar refractivity (Wildman–Crippen MR) is 119 cm³/mol. The molecule has 0 bridgehead atoms. The molecule has 32 heavy (non-hydrogen) atoms. The topological polar surface area (TPSA) is 72.3 Å². The van der Waals surface area contributed by atoms with E-state index in [1.165, 1.54) is 37.5 Å². The summed E-state index contributed by atoms with van der Waals surface area (Å²) in [6, 6.07) is 11.8. The average Bonchev–Trinajstić information content (AvgIpc) is 2.78. The summed E-state index contributed by atoms with van der Waals surface area (Å²) >= 11 is 0. The van der Waals surface area contributed by atoms with E-state index in [1.807, 2.05) is 13.8 Å². The maximum Gasteiger partial charge on any atom is 0.308 e. The lowest BCUT2D eigenvalue weighted by atomic mass is 9.90. The van der Waals surface area contributed by atoms with Gasteiger partial charge in [-0.3, -0.25) is 4.79 Å². The highest BCUT2D eigenvalue weighted by atomic mass is 19.1. The standard InChI is InChI=1S/C25H24F2N2O3/c1-15(2)24-21(13-12-20(30)14-22(31)32-3)23(16-4-8-18(26)9-5-16)25(29-28-24)17-6-10-19(27)11-7-17/h4-13,15,20,30H,14H2,1-3H3/b13-12+/t20-/m1/s1. The first-order valence-electron chi connectivity index (χ1n) is 10.2. The minimum atomic E-state index is -1.06. The summed E-state index contributed by atoms with van der Waals surface area (Å²) in [7, 11) is 1.25. The maximum atomic E-state index is 13.6. The number of aromatic nitrogens is 2. The van der Waals surface area contributed by atoms with E-state index in [2.05, 4.69) is 14.9 Å². The van der Waals surface area contributed by atoms with Crippen LogP contribution in [0.3, 0.4) is 0 Å². The minimum absolute atomic E-state index is 0.0126. The third-order valence-electron chi connectivity index (χ3n) is 4.93. The van der Waals surface area contributed by atoms with Gasteiger partial charge in [-0.2, -0.15) is 5.10 Å². The Bertz CT molecular complexity index is 1110. The van der Waals surface area contributed by atoms with Crippen LogP contribution >= 0.6 is 0 Å². The molecule has 0 saturated heterocycles. The van der Waals surface area contributed by atoms with Gasteiger partial charge < -0.3 is 9.84 Å². The van der Waals surface area contributed by atoms with Crippen LogP contribution in [-0.4, -0.2) is 34.5 Å². The zero-order chi connectivity index (χ0) is 23.3. The second-order valence-electron chi connectivity index (χ2n) is 7.60. The van der Waals surface area contributed by atoms with Crippen LogP contribution in [0.4, 0.5) is 8.78 Å². The van der Waals surface area contributed by atoms with Gasteiger partial charge in [0.2, 0.25) is 0 Å². The van der Waals surface area contributed by atoms with Gasteiger partial charge in [-0.05, 0) is 47.9 Å². The van der Waals surface area contributed by atoms with Crippen LogP contribution < -0.4 is 0 Å². The van der Waals surface area contributed by atoms with Crippen molar-refractivity contribution in [2.75, 3.05) is 7.11 Å². The Labute approximate surface area is 185 Å². The van der Waals surface area contributed by atoms with Crippen LogP contribution in [0, 0.1) is 11.6 Å². The highest BCUT2D eigenvalue weighted by Crippen LogP contribution is 2.37. The summed E-state index contributed by atoms with van der Waals surface area (Å²) in [5.74, 6) is -1.31. The smallest absolute Gasteiger partial charge is 0.308 e. The lowest BCUT2D eigenvalue weighted by Crippen LogP contribution is -2.12. The molecule has 5 nitrogen and oxygen atoms in total. The zero-order valence-corrected chi connectivity index (χ0v) is 18.0. The molecular formula is C25H24F2N2O3. The van der Waals surface area contributed by atoms with E-state index in [0.717, 1.165) is 0 Å². The van der Waals surface area contributed by atoms with Crippen molar-refractivity contribution in [3.63, 3.8) is 0 Å². The van der Waals surface area contributed by atoms with Crippen molar-refractivity contribution in [3.8, 4) is 22.4 Å². The molecule has 1 N–H and O–H groups in total. The lowest BCUT2D eigenvalue weighted by Gasteiger charge is -2.18. The Kier molecular flexibility index (Phi) is 7.43. The third kappa shape index (κ3) is 5.42. The number of carbonyl (C=O) groups is 1. The molecule has 7 heteroatoms. The van der Waals surface area contributed by atoms with Crippen molar-refractivity contribution in [1.82, 2.24) is 10.2 Å². The van der Waals surface area contributed by atoms with Crippen molar-refractivity contribution in [3.05, 3.63) is 77.5 Å². The molecule has 0 amide bonds. The van der Waals surface area contributed by atoms with Crippen LogP contribution in [0.1, 0.15) is 37.4 Å². The monoisotopic (exact) mass is 438 g/mol.